The van der Waals surface area contributed by atoms with Crippen LogP contribution in [0, 0.1) is 20.8 Å². The lowest BCUT2D eigenvalue weighted by Gasteiger charge is -2.36. The van der Waals surface area contributed by atoms with E-state index < -0.39 is 0 Å². The van der Waals surface area contributed by atoms with Crippen molar-refractivity contribution < 1.29 is 5.11 Å². The molecule has 3 heteroatoms. The van der Waals surface area contributed by atoms with Gasteiger partial charge < -0.3 is 5.11 Å². The predicted octanol–water partition coefficient (Wildman–Crippen LogP) is 6.57. The van der Waals surface area contributed by atoms with E-state index in [4.69, 9.17) is 0 Å². The van der Waals surface area contributed by atoms with Gasteiger partial charge in [-0.1, -0.05) is 78.6 Å². The minimum atomic E-state index is -0.0142. The van der Waals surface area contributed by atoms with E-state index in [1.165, 1.54) is 22.0 Å². The highest BCUT2D eigenvalue weighted by molar-refractivity contribution is 7.48. The molecule has 0 saturated carbocycles. The molecule has 2 aromatic carbocycles. The van der Waals surface area contributed by atoms with Crippen molar-refractivity contribution in [2.24, 2.45) is 0 Å². The van der Waals surface area contributed by atoms with Crippen LogP contribution in [0.5, 0.6) is 5.75 Å². The van der Waals surface area contributed by atoms with E-state index in [1.807, 2.05) is 6.92 Å². The molecule has 1 N–H and O–H groups in total. The highest BCUT2D eigenvalue weighted by atomic mass is 31.1. The van der Waals surface area contributed by atoms with Crippen LogP contribution < -0.4 is 5.30 Å². The fraction of sp³-hybridized carbons (Fsp3) is 0.538. The van der Waals surface area contributed by atoms with Gasteiger partial charge in [0.05, 0.1) is 0 Å². The predicted molar refractivity (Wildman–Crippen MR) is 130 cm³/mol. The fourth-order valence-corrected chi connectivity index (χ4v) is 6.40. The molecule has 0 aromatic heterocycles. The van der Waals surface area contributed by atoms with Crippen molar-refractivity contribution in [3.8, 4) is 5.75 Å². The van der Waals surface area contributed by atoms with Gasteiger partial charge in [0.15, 0.2) is 0 Å². The average Bonchev–Trinajstić information content (AvgIpc) is 2.70. The summed E-state index contributed by atoms with van der Waals surface area (Å²) in [6.45, 7) is 18.6. The van der Waals surface area contributed by atoms with Gasteiger partial charge in [-0.3, -0.25) is 4.90 Å². The summed E-state index contributed by atoms with van der Waals surface area (Å²) in [5.74, 6) is 0.497. The maximum Gasteiger partial charge on any atom is 0.122 e. The second-order valence-corrected chi connectivity index (χ2v) is 10.1. The van der Waals surface area contributed by atoms with Crippen molar-refractivity contribution in [2.45, 2.75) is 79.4 Å². The van der Waals surface area contributed by atoms with Crippen LogP contribution in [0.2, 0.25) is 0 Å². The zero-order valence-electron chi connectivity index (χ0n) is 19.5. The summed E-state index contributed by atoms with van der Waals surface area (Å²) in [7, 11) is 0.653. The van der Waals surface area contributed by atoms with Gasteiger partial charge >= 0.3 is 0 Å². The number of phenols is 1. The Morgan fingerprint density at radius 2 is 1.66 bits per heavy atom. The van der Waals surface area contributed by atoms with Crippen LogP contribution in [0.25, 0.3) is 0 Å². The van der Waals surface area contributed by atoms with Crippen molar-refractivity contribution in [1.82, 2.24) is 4.90 Å². The molecule has 0 saturated heterocycles. The SMILES string of the molecule is CCCC(CC)(Pc1c(C)cccc1CN(CC)CC)c1cc(C)cc(C)c1O. The molecule has 0 radical (unpaired) electrons. The van der Waals surface area contributed by atoms with Crippen LogP contribution in [-0.4, -0.2) is 23.1 Å². The molecule has 0 amide bonds. The Hall–Kier alpha value is -1.37. The van der Waals surface area contributed by atoms with E-state index in [1.54, 1.807) is 0 Å². The lowest BCUT2D eigenvalue weighted by molar-refractivity contribution is 0.296. The molecule has 0 aliphatic rings. The van der Waals surface area contributed by atoms with Crippen LogP contribution in [-0.2, 0) is 11.7 Å². The second kappa shape index (κ2) is 10.6. The zero-order chi connectivity index (χ0) is 21.6. The summed E-state index contributed by atoms with van der Waals surface area (Å²) in [6.07, 6.45) is 3.25. The Kier molecular flexibility index (Phi) is 8.73. The normalized spacial score (nSPS) is 14.1. The molecule has 0 fully saturated rings. The van der Waals surface area contributed by atoms with Crippen molar-refractivity contribution in [1.29, 1.82) is 0 Å². The maximum atomic E-state index is 11.0. The highest BCUT2D eigenvalue weighted by Gasteiger charge is 2.34. The lowest BCUT2D eigenvalue weighted by atomic mass is 9.88. The summed E-state index contributed by atoms with van der Waals surface area (Å²) in [5.41, 5.74) is 6.21. The number of benzene rings is 2. The monoisotopic (exact) mass is 413 g/mol. The summed E-state index contributed by atoms with van der Waals surface area (Å²) >= 11 is 0. The molecule has 29 heavy (non-hydrogen) atoms. The second-order valence-electron chi connectivity index (χ2n) is 8.36. The van der Waals surface area contributed by atoms with Crippen molar-refractivity contribution in [3.05, 3.63) is 58.1 Å². The molecule has 0 bridgehead atoms. The molecule has 2 unspecified atom stereocenters. The third-order valence-electron chi connectivity index (χ3n) is 6.25. The number of hydrogen-bond acceptors (Lipinski definition) is 2. The lowest BCUT2D eigenvalue weighted by Crippen LogP contribution is -2.28. The Labute approximate surface area is 180 Å². The minimum Gasteiger partial charge on any atom is -0.507 e. The number of rotatable bonds is 10. The largest absolute Gasteiger partial charge is 0.507 e. The number of nitrogens with zero attached hydrogens (tertiary/aromatic N) is 1. The molecule has 0 aliphatic heterocycles. The molecular weight excluding hydrogens is 373 g/mol. The number of aromatic hydroxyl groups is 1. The summed E-state index contributed by atoms with van der Waals surface area (Å²) in [4.78, 5) is 2.49. The number of aryl methyl sites for hydroxylation is 3. The molecule has 0 spiro atoms. The first-order valence-electron chi connectivity index (χ1n) is 11.2. The molecule has 2 aromatic rings. The fourth-order valence-electron chi connectivity index (χ4n) is 4.44. The Morgan fingerprint density at radius 1 is 0.966 bits per heavy atom. The van der Waals surface area contributed by atoms with E-state index in [9.17, 15) is 5.11 Å². The summed E-state index contributed by atoms with van der Waals surface area (Å²) in [5, 5.41) is 12.5. The smallest absolute Gasteiger partial charge is 0.122 e. The third-order valence-corrected chi connectivity index (χ3v) is 8.57. The Bertz CT molecular complexity index is 813. The van der Waals surface area contributed by atoms with Crippen molar-refractivity contribution >= 4 is 13.9 Å². The molecule has 2 nitrogen and oxygen atoms in total. The van der Waals surface area contributed by atoms with E-state index in [0.29, 0.717) is 14.3 Å². The van der Waals surface area contributed by atoms with Gasteiger partial charge in [0, 0.05) is 17.3 Å². The standard InChI is InChI=1S/C26H40NOP/c1-8-15-26(9-2,23-17-19(5)16-21(7)24(23)28)29-25-20(6)13-12-14-22(25)18-27(10-3)11-4/h12-14,16-17,28-29H,8-11,15,18H2,1-7H3. The Balaban J connectivity index is 2.60. The molecular formula is C26H40NOP. The first kappa shape index (κ1) is 23.9. The first-order chi connectivity index (χ1) is 13.8. The number of hydrogen-bond donors (Lipinski definition) is 1. The first-order valence-corrected chi connectivity index (χ1v) is 12.2. The molecule has 160 valence electrons. The van der Waals surface area contributed by atoms with E-state index in [0.717, 1.165) is 50.0 Å². The quantitative estimate of drug-likeness (QED) is 0.445. The van der Waals surface area contributed by atoms with Crippen LogP contribution in [0.4, 0.5) is 0 Å². The number of phenolic OH excluding ortho intramolecular Hbond substituents is 1. The van der Waals surface area contributed by atoms with Crippen LogP contribution in [0.3, 0.4) is 0 Å². The van der Waals surface area contributed by atoms with E-state index in [2.05, 4.69) is 76.8 Å². The topological polar surface area (TPSA) is 23.5 Å². The van der Waals surface area contributed by atoms with Gasteiger partial charge in [-0.25, -0.2) is 0 Å². The summed E-state index contributed by atoms with van der Waals surface area (Å²) in [6, 6.07) is 11.1. The van der Waals surface area contributed by atoms with Gasteiger partial charge in [0.1, 0.15) is 5.75 Å². The van der Waals surface area contributed by atoms with Crippen LogP contribution in [0.15, 0.2) is 30.3 Å². The van der Waals surface area contributed by atoms with Gasteiger partial charge in [-0.05, 0) is 68.7 Å². The molecule has 0 heterocycles. The summed E-state index contributed by atoms with van der Waals surface area (Å²) < 4.78 is 0. The molecule has 2 rings (SSSR count). The van der Waals surface area contributed by atoms with Gasteiger partial charge in [0.2, 0.25) is 0 Å². The molecule has 2 atom stereocenters. The highest BCUT2D eigenvalue weighted by Crippen LogP contribution is 2.52. The van der Waals surface area contributed by atoms with Crippen LogP contribution in [0.1, 0.15) is 74.8 Å². The third kappa shape index (κ3) is 5.41. The van der Waals surface area contributed by atoms with E-state index >= 15 is 0 Å². The maximum absolute atomic E-state index is 11.0. The van der Waals surface area contributed by atoms with Crippen molar-refractivity contribution in [3.63, 3.8) is 0 Å². The van der Waals surface area contributed by atoms with Crippen LogP contribution >= 0.6 is 8.58 Å². The van der Waals surface area contributed by atoms with Gasteiger partial charge in [0.25, 0.3) is 0 Å². The Morgan fingerprint density at radius 3 is 2.24 bits per heavy atom. The average molecular weight is 414 g/mol. The minimum absolute atomic E-state index is 0.0142. The van der Waals surface area contributed by atoms with Gasteiger partial charge in [-0.2, -0.15) is 0 Å². The molecule has 0 aliphatic carbocycles. The zero-order valence-corrected chi connectivity index (χ0v) is 20.5. The van der Waals surface area contributed by atoms with Crippen molar-refractivity contribution in [2.75, 3.05) is 13.1 Å². The van der Waals surface area contributed by atoms with E-state index in [-0.39, 0.29) is 5.16 Å². The van der Waals surface area contributed by atoms with Gasteiger partial charge in [-0.15, -0.1) is 0 Å².